The molecule has 0 aromatic carbocycles. The summed E-state index contributed by atoms with van der Waals surface area (Å²) in [6, 6.07) is 0. The third-order valence-corrected chi connectivity index (χ3v) is 1.94. The van der Waals surface area contributed by atoms with Gasteiger partial charge in [0.15, 0.2) is 0 Å². The molecule has 0 aromatic rings. The van der Waals surface area contributed by atoms with Gasteiger partial charge in [0.1, 0.15) is 0 Å². The summed E-state index contributed by atoms with van der Waals surface area (Å²) in [6.45, 7) is 5.29. The lowest BCUT2D eigenvalue weighted by Crippen LogP contribution is -2.20. The van der Waals surface area contributed by atoms with Crippen LogP contribution in [0, 0.1) is 0 Å². The van der Waals surface area contributed by atoms with Crippen LogP contribution in [-0.4, -0.2) is 15.0 Å². The molecule has 0 heterocycles. The summed E-state index contributed by atoms with van der Waals surface area (Å²) in [5, 5.41) is 1.11. The van der Waals surface area contributed by atoms with Crippen molar-refractivity contribution in [1.29, 1.82) is 0 Å². The maximum Gasteiger partial charge on any atom is 0.233 e. The third kappa shape index (κ3) is 7.64. The van der Waals surface area contributed by atoms with Crippen LogP contribution in [0.25, 0.3) is 0 Å². The molecule has 5 heteroatoms. The van der Waals surface area contributed by atoms with Gasteiger partial charge >= 0.3 is 0 Å². The van der Waals surface area contributed by atoms with Gasteiger partial charge in [-0.1, -0.05) is 12.2 Å². The van der Waals surface area contributed by atoms with Crippen LogP contribution in [-0.2, 0) is 10.0 Å². The molecule has 66 valence electrons. The van der Waals surface area contributed by atoms with Gasteiger partial charge in [-0.2, -0.15) is 13.5 Å². The second-order valence-corrected chi connectivity index (χ2v) is 3.30. The fourth-order valence-corrected chi connectivity index (χ4v) is 1.21. The van der Waals surface area contributed by atoms with Crippen LogP contribution in [0.5, 0.6) is 0 Å². The van der Waals surface area contributed by atoms with E-state index in [0.717, 1.165) is 5.41 Å². The number of allylic oxidation sites excluding steroid dienone is 1. The van der Waals surface area contributed by atoms with Crippen molar-refractivity contribution >= 4 is 23.5 Å². The first-order chi connectivity index (χ1) is 4.62. The predicted octanol–water partition coefficient (Wildman–Crippen LogP) is 0.738. The highest BCUT2D eigenvalue weighted by atomic mass is 32.2. The number of nitrogens with one attached hydrogen (secondary N) is 1. The Balaban J connectivity index is 0. The molecule has 0 spiro atoms. The van der Waals surface area contributed by atoms with Crippen LogP contribution >= 0.6 is 13.5 Å². The molecule has 11 heavy (non-hydrogen) atoms. The number of rotatable bonds is 4. The molecule has 0 aromatic heterocycles. The molecule has 3 nitrogen and oxygen atoms in total. The maximum absolute atomic E-state index is 10.7. The Hall–Kier alpha value is -0.260. The molecule has 0 aliphatic rings. The summed E-state index contributed by atoms with van der Waals surface area (Å²) in [4.78, 5) is 0. The summed E-state index contributed by atoms with van der Waals surface area (Å²) in [5.41, 5.74) is 0. The van der Waals surface area contributed by atoms with Crippen molar-refractivity contribution in [2.45, 2.75) is 6.92 Å². The summed E-state index contributed by atoms with van der Waals surface area (Å²) < 4.78 is 23.8. The summed E-state index contributed by atoms with van der Waals surface area (Å²) in [7, 11) is -3.20. The van der Waals surface area contributed by atoms with Crippen LogP contribution < -0.4 is 4.72 Å². The van der Waals surface area contributed by atoms with Crippen LogP contribution in [0.1, 0.15) is 6.92 Å². The van der Waals surface area contributed by atoms with E-state index in [1.807, 2.05) is 0 Å². The molecule has 0 radical (unpaired) electrons. The first-order valence-corrected chi connectivity index (χ1v) is 4.40. The van der Waals surface area contributed by atoms with Crippen LogP contribution in [0.4, 0.5) is 0 Å². The zero-order valence-electron chi connectivity index (χ0n) is 6.37. The lowest BCUT2D eigenvalue weighted by atomic mass is 10.7. The van der Waals surface area contributed by atoms with Crippen molar-refractivity contribution in [2.75, 3.05) is 6.54 Å². The molecule has 0 saturated heterocycles. The topological polar surface area (TPSA) is 46.2 Å². The quantitative estimate of drug-likeness (QED) is 0.672. The van der Waals surface area contributed by atoms with Gasteiger partial charge in [0, 0.05) is 12.0 Å². The lowest BCUT2D eigenvalue weighted by molar-refractivity contribution is 0.594. The Morgan fingerprint density at radius 2 is 2.09 bits per heavy atom. The molecular weight excluding hydrogens is 182 g/mol. The van der Waals surface area contributed by atoms with Gasteiger partial charge in [0.25, 0.3) is 0 Å². The van der Waals surface area contributed by atoms with Crippen molar-refractivity contribution in [1.82, 2.24) is 4.72 Å². The highest BCUT2D eigenvalue weighted by molar-refractivity contribution is 7.92. The Bertz CT molecular complexity index is 219. The minimum absolute atomic E-state index is 0. The van der Waals surface area contributed by atoms with Gasteiger partial charge in [-0.15, -0.1) is 6.58 Å². The average Bonchev–Trinajstić information content (AvgIpc) is 1.84. The number of sulfonamides is 1. The Kier molecular flexibility index (Phi) is 7.82. The molecule has 0 saturated carbocycles. The van der Waals surface area contributed by atoms with E-state index in [-0.39, 0.29) is 20.0 Å². The van der Waals surface area contributed by atoms with E-state index >= 15 is 0 Å². The Morgan fingerprint density at radius 3 is 2.45 bits per heavy atom. The Labute approximate surface area is 74.7 Å². The zero-order valence-corrected chi connectivity index (χ0v) is 8.19. The third-order valence-electron chi connectivity index (χ3n) is 0.744. The fourth-order valence-electron chi connectivity index (χ4n) is 0.402. The SMILES string of the molecule is C=CCNS(=O)(=O)C=CC.S. The van der Waals surface area contributed by atoms with Gasteiger partial charge in [0.05, 0.1) is 0 Å². The van der Waals surface area contributed by atoms with E-state index in [9.17, 15) is 8.42 Å². The van der Waals surface area contributed by atoms with Crippen LogP contribution in [0.15, 0.2) is 24.1 Å². The molecule has 0 aliphatic carbocycles. The smallest absolute Gasteiger partial charge is 0.208 e. The molecule has 1 N–H and O–H groups in total. The van der Waals surface area contributed by atoms with Crippen molar-refractivity contribution in [3.05, 3.63) is 24.1 Å². The Morgan fingerprint density at radius 1 is 1.55 bits per heavy atom. The molecule has 0 bridgehead atoms. The first kappa shape index (κ1) is 13.3. The van der Waals surface area contributed by atoms with Gasteiger partial charge in [-0.25, -0.2) is 13.1 Å². The van der Waals surface area contributed by atoms with E-state index in [1.165, 1.54) is 12.2 Å². The van der Waals surface area contributed by atoms with Crippen molar-refractivity contribution in [3.63, 3.8) is 0 Å². The average molecular weight is 195 g/mol. The van der Waals surface area contributed by atoms with Crippen LogP contribution in [0.2, 0.25) is 0 Å². The van der Waals surface area contributed by atoms with E-state index in [2.05, 4.69) is 11.3 Å². The van der Waals surface area contributed by atoms with Gasteiger partial charge in [-0.3, -0.25) is 0 Å². The van der Waals surface area contributed by atoms with Gasteiger partial charge < -0.3 is 0 Å². The maximum atomic E-state index is 10.7. The molecule has 0 unspecified atom stereocenters. The minimum Gasteiger partial charge on any atom is -0.208 e. The van der Waals surface area contributed by atoms with E-state index in [1.54, 1.807) is 6.92 Å². The van der Waals surface area contributed by atoms with Crippen LogP contribution in [0.3, 0.4) is 0 Å². The predicted molar refractivity (Wildman–Crippen MR) is 52.3 cm³/mol. The van der Waals surface area contributed by atoms with Gasteiger partial charge in [0.2, 0.25) is 10.0 Å². The molecule has 0 fully saturated rings. The second-order valence-electron chi connectivity index (χ2n) is 1.65. The monoisotopic (exact) mass is 195 g/mol. The molecule has 0 amide bonds. The van der Waals surface area contributed by atoms with E-state index in [0.29, 0.717) is 0 Å². The molecule has 0 atom stereocenters. The summed E-state index contributed by atoms with van der Waals surface area (Å²) >= 11 is 0. The normalized spacial score (nSPS) is 11.0. The highest BCUT2D eigenvalue weighted by Crippen LogP contribution is 1.84. The van der Waals surface area contributed by atoms with E-state index < -0.39 is 10.0 Å². The van der Waals surface area contributed by atoms with E-state index in [4.69, 9.17) is 0 Å². The first-order valence-electron chi connectivity index (χ1n) is 2.85. The number of hydrogen-bond acceptors (Lipinski definition) is 2. The van der Waals surface area contributed by atoms with Crippen molar-refractivity contribution in [2.24, 2.45) is 0 Å². The van der Waals surface area contributed by atoms with Crippen molar-refractivity contribution < 1.29 is 8.42 Å². The highest BCUT2D eigenvalue weighted by Gasteiger charge is 1.99. The molecular formula is C6H13NO2S2. The number of hydrogen-bond donors (Lipinski definition) is 1. The summed E-state index contributed by atoms with van der Waals surface area (Å²) in [6.07, 6.45) is 2.95. The second kappa shape index (κ2) is 6.45. The van der Waals surface area contributed by atoms with Gasteiger partial charge in [-0.05, 0) is 6.92 Å². The zero-order chi connectivity index (χ0) is 8.04. The summed E-state index contributed by atoms with van der Waals surface area (Å²) in [5.74, 6) is 0. The standard InChI is InChI=1S/C6H11NO2S.H2S/c1-3-5-7-10(8,9)6-4-2;/h3-4,6-7H,1,5H2,2H3;1H2. The molecule has 0 aliphatic heterocycles. The minimum atomic E-state index is -3.20. The van der Waals surface area contributed by atoms with Crippen molar-refractivity contribution in [3.8, 4) is 0 Å². The lowest BCUT2D eigenvalue weighted by Gasteiger charge is -1.95. The molecule has 0 rings (SSSR count). The largest absolute Gasteiger partial charge is 0.233 e. The fraction of sp³-hybridized carbons (Fsp3) is 0.333.